The normalized spacial score (nSPS) is 10.4. The number of aromatic nitrogens is 1. The largest absolute Gasteiger partial charge is 0.370 e. The minimum absolute atomic E-state index is 0.0663. The first-order chi connectivity index (χ1) is 10.2. The zero-order valence-corrected chi connectivity index (χ0v) is 13.3. The standard InChI is InChI=1S/C16H21N3OS/c1-3-8-17-15-10-12(7-9-18-15)16(20)19-11-14-6-5-13(4-2)21-14/h5-7,9-10H,3-4,8,11H2,1-2H3,(H,17,18)(H,19,20). The van der Waals surface area contributed by atoms with Crippen LogP contribution in [0.2, 0.25) is 0 Å². The van der Waals surface area contributed by atoms with Crippen molar-refractivity contribution in [2.75, 3.05) is 11.9 Å². The Morgan fingerprint density at radius 3 is 2.76 bits per heavy atom. The minimum Gasteiger partial charge on any atom is -0.370 e. The molecule has 4 nitrogen and oxygen atoms in total. The fraction of sp³-hybridized carbons (Fsp3) is 0.375. The van der Waals surface area contributed by atoms with E-state index >= 15 is 0 Å². The lowest BCUT2D eigenvalue weighted by atomic mass is 10.2. The van der Waals surface area contributed by atoms with Crippen molar-refractivity contribution >= 4 is 23.1 Å². The predicted molar refractivity (Wildman–Crippen MR) is 87.9 cm³/mol. The Morgan fingerprint density at radius 2 is 2.05 bits per heavy atom. The molecule has 2 aromatic heterocycles. The van der Waals surface area contributed by atoms with Crippen LogP contribution in [0.4, 0.5) is 5.82 Å². The van der Waals surface area contributed by atoms with Crippen LogP contribution in [0.3, 0.4) is 0 Å². The Morgan fingerprint density at radius 1 is 1.24 bits per heavy atom. The number of hydrogen-bond donors (Lipinski definition) is 2. The van der Waals surface area contributed by atoms with E-state index in [9.17, 15) is 4.79 Å². The SMILES string of the molecule is CCCNc1cc(C(=O)NCc2ccc(CC)s2)ccn1. The van der Waals surface area contributed by atoms with Gasteiger partial charge in [0.25, 0.3) is 5.91 Å². The van der Waals surface area contributed by atoms with Crippen molar-refractivity contribution in [1.29, 1.82) is 0 Å². The van der Waals surface area contributed by atoms with Gasteiger partial charge >= 0.3 is 0 Å². The van der Waals surface area contributed by atoms with Crippen molar-refractivity contribution < 1.29 is 4.79 Å². The molecule has 1 amide bonds. The average molecular weight is 303 g/mol. The van der Waals surface area contributed by atoms with Crippen LogP contribution < -0.4 is 10.6 Å². The first-order valence-corrected chi connectivity index (χ1v) is 8.10. The third-order valence-electron chi connectivity index (χ3n) is 3.07. The van der Waals surface area contributed by atoms with Crippen LogP contribution in [0, 0.1) is 0 Å². The molecule has 2 rings (SSSR count). The molecule has 0 atom stereocenters. The number of aryl methyl sites for hydroxylation is 1. The van der Waals surface area contributed by atoms with Gasteiger partial charge in [0.2, 0.25) is 0 Å². The van der Waals surface area contributed by atoms with Gasteiger partial charge in [0.1, 0.15) is 5.82 Å². The summed E-state index contributed by atoms with van der Waals surface area (Å²) in [6.45, 7) is 5.65. The molecule has 0 fully saturated rings. The Balaban J connectivity index is 1.93. The molecule has 0 aliphatic carbocycles. The first-order valence-electron chi connectivity index (χ1n) is 7.28. The van der Waals surface area contributed by atoms with Crippen molar-refractivity contribution in [3.05, 3.63) is 45.8 Å². The van der Waals surface area contributed by atoms with E-state index in [0.717, 1.165) is 25.2 Å². The van der Waals surface area contributed by atoms with Gasteiger partial charge in [0.05, 0.1) is 6.54 Å². The molecule has 112 valence electrons. The zero-order chi connectivity index (χ0) is 15.1. The molecule has 21 heavy (non-hydrogen) atoms. The number of rotatable bonds is 7. The number of hydrogen-bond acceptors (Lipinski definition) is 4. The van der Waals surface area contributed by atoms with Crippen molar-refractivity contribution in [1.82, 2.24) is 10.3 Å². The van der Waals surface area contributed by atoms with Gasteiger partial charge in [-0.3, -0.25) is 4.79 Å². The van der Waals surface area contributed by atoms with Crippen molar-refractivity contribution in [2.45, 2.75) is 33.2 Å². The average Bonchev–Trinajstić information content (AvgIpc) is 2.99. The summed E-state index contributed by atoms with van der Waals surface area (Å²) >= 11 is 1.74. The van der Waals surface area contributed by atoms with Crippen molar-refractivity contribution in [3.8, 4) is 0 Å². The Hall–Kier alpha value is -1.88. The summed E-state index contributed by atoms with van der Waals surface area (Å²) in [5.74, 6) is 0.678. The maximum Gasteiger partial charge on any atom is 0.251 e. The fourth-order valence-corrected chi connectivity index (χ4v) is 2.80. The number of nitrogens with zero attached hydrogens (tertiary/aromatic N) is 1. The summed E-state index contributed by atoms with van der Waals surface area (Å²) in [7, 11) is 0. The molecular weight excluding hydrogens is 282 g/mol. The van der Waals surface area contributed by atoms with Gasteiger partial charge in [-0.1, -0.05) is 13.8 Å². The van der Waals surface area contributed by atoms with Gasteiger partial charge in [0.15, 0.2) is 0 Å². The molecular formula is C16H21N3OS. The first kappa shape index (κ1) is 15.5. The molecule has 0 bridgehead atoms. The highest BCUT2D eigenvalue weighted by molar-refractivity contribution is 7.11. The Kier molecular flexibility index (Phi) is 5.75. The predicted octanol–water partition coefficient (Wildman–Crippen LogP) is 3.46. The topological polar surface area (TPSA) is 54.0 Å². The molecule has 0 saturated carbocycles. The number of nitrogens with one attached hydrogen (secondary N) is 2. The quantitative estimate of drug-likeness (QED) is 0.823. The van der Waals surface area contributed by atoms with Crippen LogP contribution in [-0.2, 0) is 13.0 Å². The summed E-state index contributed by atoms with van der Waals surface area (Å²) in [6.07, 6.45) is 3.72. The highest BCUT2D eigenvalue weighted by Crippen LogP contribution is 2.16. The molecule has 0 aromatic carbocycles. The lowest BCUT2D eigenvalue weighted by Crippen LogP contribution is -2.22. The molecule has 2 aromatic rings. The molecule has 0 radical (unpaired) electrons. The number of thiophene rings is 1. The second-order valence-corrected chi connectivity index (χ2v) is 6.01. The van der Waals surface area contributed by atoms with Crippen molar-refractivity contribution in [3.63, 3.8) is 0 Å². The van der Waals surface area contributed by atoms with E-state index in [1.165, 1.54) is 9.75 Å². The van der Waals surface area contributed by atoms with E-state index in [4.69, 9.17) is 0 Å². The summed E-state index contributed by atoms with van der Waals surface area (Å²) in [4.78, 5) is 18.9. The third kappa shape index (κ3) is 4.56. The van der Waals surface area contributed by atoms with Crippen LogP contribution in [-0.4, -0.2) is 17.4 Å². The number of pyridine rings is 1. The van der Waals surface area contributed by atoms with Crippen LogP contribution in [0.15, 0.2) is 30.5 Å². The molecule has 0 unspecified atom stereocenters. The highest BCUT2D eigenvalue weighted by atomic mass is 32.1. The number of anilines is 1. The van der Waals surface area contributed by atoms with E-state index in [-0.39, 0.29) is 5.91 Å². The van der Waals surface area contributed by atoms with Gasteiger partial charge in [0, 0.05) is 28.1 Å². The maximum atomic E-state index is 12.2. The van der Waals surface area contributed by atoms with Crippen molar-refractivity contribution in [2.24, 2.45) is 0 Å². The lowest BCUT2D eigenvalue weighted by Gasteiger charge is -2.07. The summed E-state index contributed by atoms with van der Waals surface area (Å²) < 4.78 is 0. The Labute approximate surface area is 129 Å². The zero-order valence-electron chi connectivity index (χ0n) is 12.5. The second kappa shape index (κ2) is 7.78. The van der Waals surface area contributed by atoms with Crippen LogP contribution in [0.5, 0.6) is 0 Å². The maximum absolute atomic E-state index is 12.2. The smallest absolute Gasteiger partial charge is 0.251 e. The number of carbonyl (C=O) groups is 1. The highest BCUT2D eigenvalue weighted by Gasteiger charge is 2.07. The van der Waals surface area contributed by atoms with Gasteiger partial charge < -0.3 is 10.6 Å². The molecule has 0 aliphatic heterocycles. The second-order valence-electron chi connectivity index (χ2n) is 4.76. The van der Waals surface area contributed by atoms with E-state index < -0.39 is 0 Å². The molecule has 5 heteroatoms. The van der Waals surface area contributed by atoms with Crippen LogP contribution >= 0.6 is 11.3 Å². The Bertz CT molecular complexity index is 595. The van der Waals surface area contributed by atoms with E-state index in [0.29, 0.717) is 12.1 Å². The molecule has 0 aliphatic rings. The summed E-state index contributed by atoms with van der Waals surface area (Å²) in [5.41, 5.74) is 0.635. The third-order valence-corrected chi connectivity index (χ3v) is 4.30. The minimum atomic E-state index is -0.0663. The van der Waals surface area contributed by atoms with Gasteiger partial charge in [-0.05, 0) is 37.1 Å². The molecule has 2 N–H and O–H groups in total. The lowest BCUT2D eigenvalue weighted by molar-refractivity contribution is 0.0951. The van der Waals surface area contributed by atoms with E-state index in [1.54, 1.807) is 29.7 Å². The molecule has 0 saturated heterocycles. The summed E-state index contributed by atoms with van der Waals surface area (Å²) in [6, 6.07) is 7.71. The van der Waals surface area contributed by atoms with Gasteiger partial charge in [-0.2, -0.15) is 0 Å². The van der Waals surface area contributed by atoms with Crippen LogP contribution in [0.1, 0.15) is 40.4 Å². The number of carbonyl (C=O) groups excluding carboxylic acids is 1. The van der Waals surface area contributed by atoms with E-state index in [1.807, 2.05) is 0 Å². The van der Waals surface area contributed by atoms with Gasteiger partial charge in [-0.15, -0.1) is 11.3 Å². The van der Waals surface area contributed by atoms with Crippen LogP contribution in [0.25, 0.3) is 0 Å². The summed E-state index contributed by atoms with van der Waals surface area (Å²) in [5, 5.41) is 6.14. The van der Waals surface area contributed by atoms with Gasteiger partial charge in [-0.25, -0.2) is 4.98 Å². The number of amides is 1. The molecule has 2 heterocycles. The fourth-order valence-electron chi connectivity index (χ4n) is 1.90. The molecule has 0 spiro atoms. The van der Waals surface area contributed by atoms with E-state index in [2.05, 4.69) is 41.6 Å². The monoisotopic (exact) mass is 303 g/mol.